The third-order valence-electron chi connectivity index (χ3n) is 2.69. The van der Waals surface area contributed by atoms with E-state index in [1.165, 1.54) is 12.3 Å². The van der Waals surface area contributed by atoms with Crippen molar-refractivity contribution in [3.05, 3.63) is 47.2 Å². The Morgan fingerprint density at radius 1 is 1.14 bits per heavy atom. The minimum absolute atomic E-state index is 0.182. The molecule has 1 heterocycles. The van der Waals surface area contributed by atoms with Gasteiger partial charge in [0.1, 0.15) is 0 Å². The summed E-state index contributed by atoms with van der Waals surface area (Å²) < 4.78 is 38.1. The van der Waals surface area contributed by atoms with E-state index in [4.69, 9.17) is 11.6 Å². The number of aromatic nitrogens is 1. The summed E-state index contributed by atoms with van der Waals surface area (Å²) in [5, 5.41) is 6.12. The quantitative estimate of drug-likeness (QED) is 0.840. The fourth-order valence-corrected chi connectivity index (χ4v) is 1.93. The van der Waals surface area contributed by atoms with Gasteiger partial charge in [0, 0.05) is 6.54 Å². The zero-order valence-electron chi connectivity index (χ0n) is 11.1. The molecule has 1 aromatic carbocycles. The van der Waals surface area contributed by atoms with Crippen LogP contribution in [-0.2, 0) is 6.18 Å². The van der Waals surface area contributed by atoms with Crippen LogP contribution in [0.15, 0.2) is 36.7 Å². The standard InChI is InChI=1S/C14H13ClF3N3/c1-2-20-10-6-11(8-19-7-10)21-13-5-9(14(16,17)18)3-4-12(13)15/h3-8,20-21H,2H2,1H3. The molecule has 1 aromatic heterocycles. The van der Waals surface area contributed by atoms with Crippen LogP contribution in [0.25, 0.3) is 0 Å². The van der Waals surface area contributed by atoms with E-state index in [0.717, 1.165) is 24.4 Å². The first-order chi connectivity index (χ1) is 9.90. The number of hydrogen-bond donors (Lipinski definition) is 2. The Kier molecular flexibility index (Phi) is 4.57. The number of halogens is 4. The molecule has 0 radical (unpaired) electrons. The number of pyridine rings is 1. The van der Waals surface area contributed by atoms with Crippen molar-refractivity contribution < 1.29 is 13.2 Å². The van der Waals surface area contributed by atoms with E-state index < -0.39 is 11.7 Å². The van der Waals surface area contributed by atoms with E-state index in [0.29, 0.717) is 5.69 Å². The molecule has 7 heteroatoms. The summed E-state index contributed by atoms with van der Waals surface area (Å²) in [6.07, 6.45) is -1.27. The molecular weight excluding hydrogens is 303 g/mol. The Labute approximate surface area is 125 Å². The maximum atomic E-state index is 12.7. The smallest absolute Gasteiger partial charge is 0.384 e. The summed E-state index contributed by atoms with van der Waals surface area (Å²) in [4.78, 5) is 4.01. The lowest BCUT2D eigenvalue weighted by atomic mass is 10.2. The van der Waals surface area contributed by atoms with Gasteiger partial charge in [0.25, 0.3) is 0 Å². The topological polar surface area (TPSA) is 37.0 Å². The number of nitrogens with zero attached hydrogens (tertiary/aromatic N) is 1. The number of rotatable bonds is 4. The van der Waals surface area contributed by atoms with Crippen LogP contribution >= 0.6 is 11.6 Å². The molecule has 0 saturated heterocycles. The van der Waals surface area contributed by atoms with E-state index >= 15 is 0 Å². The molecule has 0 aliphatic carbocycles. The summed E-state index contributed by atoms with van der Waals surface area (Å²) >= 11 is 5.93. The van der Waals surface area contributed by atoms with Gasteiger partial charge in [-0.3, -0.25) is 4.98 Å². The Balaban J connectivity index is 2.28. The predicted molar refractivity (Wildman–Crippen MR) is 78.1 cm³/mol. The molecular formula is C14H13ClF3N3. The largest absolute Gasteiger partial charge is 0.416 e. The average Bonchev–Trinajstić information content (AvgIpc) is 2.41. The lowest BCUT2D eigenvalue weighted by Gasteiger charge is -2.13. The summed E-state index contributed by atoms with van der Waals surface area (Å²) in [6.45, 7) is 2.65. The molecule has 21 heavy (non-hydrogen) atoms. The van der Waals surface area contributed by atoms with E-state index in [1.807, 2.05) is 6.92 Å². The van der Waals surface area contributed by atoms with Crippen molar-refractivity contribution >= 4 is 28.7 Å². The van der Waals surface area contributed by atoms with Crippen molar-refractivity contribution in [3.8, 4) is 0 Å². The highest BCUT2D eigenvalue weighted by atomic mass is 35.5. The first-order valence-corrected chi connectivity index (χ1v) is 6.60. The summed E-state index contributed by atoms with van der Waals surface area (Å²) in [5.41, 5.74) is 0.743. The van der Waals surface area contributed by atoms with E-state index in [1.54, 1.807) is 12.3 Å². The molecule has 0 aliphatic heterocycles. The van der Waals surface area contributed by atoms with Gasteiger partial charge in [-0.1, -0.05) is 11.6 Å². The normalized spacial score (nSPS) is 11.3. The van der Waals surface area contributed by atoms with Crippen molar-refractivity contribution in [1.82, 2.24) is 4.98 Å². The van der Waals surface area contributed by atoms with Gasteiger partial charge in [0.2, 0.25) is 0 Å². The second-order valence-electron chi connectivity index (χ2n) is 4.31. The maximum Gasteiger partial charge on any atom is 0.416 e. The average molecular weight is 316 g/mol. The Hall–Kier alpha value is -1.95. The van der Waals surface area contributed by atoms with Crippen LogP contribution in [-0.4, -0.2) is 11.5 Å². The van der Waals surface area contributed by atoms with Gasteiger partial charge in [-0.15, -0.1) is 0 Å². The van der Waals surface area contributed by atoms with Gasteiger partial charge in [0.05, 0.1) is 40.0 Å². The Morgan fingerprint density at radius 3 is 2.52 bits per heavy atom. The molecule has 0 amide bonds. The van der Waals surface area contributed by atoms with Crippen molar-refractivity contribution in [1.29, 1.82) is 0 Å². The van der Waals surface area contributed by atoms with Gasteiger partial charge in [0.15, 0.2) is 0 Å². The molecule has 2 aromatic rings. The first-order valence-electron chi connectivity index (χ1n) is 6.23. The summed E-state index contributed by atoms with van der Waals surface area (Å²) in [6, 6.07) is 4.88. The van der Waals surface area contributed by atoms with Gasteiger partial charge in [-0.05, 0) is 31.2 Å². The molecule has 0 spiro atoms. The molecule has 0 atom stereocenters. The van der Waals surface area contributed by atoms with Gasteiger partial charge < -0.3 is 10.6 Å². The van der Waals surface area contributed by atoms with Crippen molar-refractivity contribution in [2.45, 2.75) is 13.1 Å². The summed E-state index contributed by atoms with van der Waals surface area (Å²) in [5.74, 6) is 0. The van der Waals surface area contributed by atoms with Crippen molar-refractivity contribution in [3.63, 3.8) is 0 Å². The second-order valence-corrected chi connectivity index (χ2v) is 4.72. The van der Waals surface area contributed by atoms with Crippen LogP contribution in [0.1, 0.15) is 12.5 Å². The van der Waals surface area contributed by atoms with Crippen molar-refractivity contribution in [2.24, 2.45) is 0 Å². The van der Waals surface area contributed by atoms with Crippen LogP contribution in [0.3, 0.4) is 0 Å². The molecule has 0 aliphatic rings. The predicted octanol–water partition coefficient (Wildman–Crippen LogP) is 4.93. The highest BCUT2D eigenvalue weighted by Crippen LogP contribution is 2.35. The van der Waals surface area contributed by atoms with Crippen LogP contribution in [0.4, 0.5) is 30.2 Å². The molecule has 0 saturated carbocycles. The Bertz CT molecular complexity index is 629. The third kappa shape index (κ3) is 4.01. The fraction of sp³-hybridized carbons (Fsp3) is 0.214. The number of nitrogens with one attached hydrogen (secondary N) is 2. The molecule has 0 unspecified atom stereocenters. The summed E-state index contributed by atoms with van der Waals surface area (Å²) in [7, 11) is 0. The molecule has 2 rings (SSSR count). The molecule has 112 valence electrons. The van der Waals surface area contributed by atoms with Crippen LogP contribution < -0.4 is 10.6 Å². The SMILES string of the molecule is CCNc1cncc(Nc2cc(C(F)(F)F)ccc2Cl)c1. The van der Waals surface area contributed by atoms with E-state index in [-0.39, 0.29) is 10.7 Å². The highest BCUT2D eigenvalue weighted by Gasteiger charge is 2.30. The van der Waals surface area contributed by atoms with Crippen LogP contribution in [0.5, 0.6) is 0 Å². The molecule has 0 fully saturated rings. The maximum absolute atomic E-state index is 12.7. The molecule has 2 N–H and O–H groups in total. The lowest BCUT2D eigenvalue weighted by Crippen LogP contribution is -2.05. The lowest BCUT2D eigenvalue weighted by molar-refractivity contribution is -0.137. The fourth-order valence-electron chi connectivity index (χ4n) is 1.76. The van der Waals surface area contributed by atoms with Gasteiger partial charge >= 0.3 is 6.18 Å². The molecule has 0 bridgehead atoms. The highest BCUT2D eigenvalue weighted by molar-refractivity contribution is 6.33. The van der Waals surface area contributed by atoms with Gasteiger partial charge in [-0.25, -0.2) is 0 Å². The number of benzene rings is 1. The monoisotopic (exact) mass is 315 g/mol. The first kappa shape index (κ1) is 15.4. The minimum Gasteiger partial charge on any atom is -0.384 e. The number of anilines is 3. The van der Waals surface area contributed by atoms with Gasteiger partial charge in [-0.2, -0.15) is 13.2 Å². The molecule has 3 nitrogen and oxygen atoms in total. The third-order valence-corrected chi connectivity index (χ3v) is 3.02. The number of alkyl halides is 3. The zero-order valence-corrected chi connectivity index (χ0v) is 11.9. The zero-order chi connectivity index (χ0) is 15.5. The number of hydrogen-bond acceptors (Lipinski definition) is 3. The van der Waals surface area contributed by atoms with Crippen molar-refractivity contribution in [2.75, 3.05) is 17.2 Å². The van der Waals surface area contributed by atoms with Crippen LogP contribution in [0.2, 0.25) is 5.02 Å². The minimum atomic E-state index is -4.41. The Morgan fingerprint density at radius 2 is 1.86 bits per heavy atom. The second kappa shape index (κ2) is 6.22. The van der Waals surface area contributed by atoms with E-state index in [9.17, 15) is 13.2 Å². The van der Waals surface area contributed by atoms with E-state index in [2.05, 4.69) is 15.6 Å². The van der Waals surface area contributed by atoms with Crippen LogP contribution in [0, 0.1) is 0 Å².